The summed E-state index contributed by atoms with van der Waals surface area (Å²) >= 11 is -2.08. The van der Waals surface area contributed by atoms with Gasteiger partial charge in [0.2, 0.25) is 11.3 Å². The Morgan fingerprint density at radius 1 is 1.19 bits per heavy atom. The predicted molar refractivity (Wildman–Crippen MR) is 125 cm³/mol. The number of benzene rings is 1. The number of nitrogens with zero attached hydrogens (tertiary/aromatic N) is 2. The highest BCUT2D eigenvalue weighted by molar-refractivity contribution is 7.77. The van der Waals surface area contributed by atoms with Crippen molar-refractivity contribution in [1.82, 2.24) is 9.71 Å². The lowest BCUT2D eigenvalue weighted by Crippen LogP contribution is -2.26. The van der Waals surface area contributed by atoms with Gasteiger partial charge in [0.05, 0.1) is 16.9 Å². The van der Waals surface area contributed by atoms with Gasteiger partial charge < -0.3 is 14.8 Å². The average Bonchev–Trinajstić information content (AvgIpc) is 2.97. The third-order valence-corrected chi connectivity index (χ3v) is 6.33. The van der Waals surface area contributed by atoms with Crippen LogP contribution in [0.3, 0.4) is 0 Å². The minimum absolute atomic E-state index is 0.169. The van der Waals surface area contributed by atoms with E-state index in [1.807, 2.05) is 42.4 Å². The molecule has 4 aliphatic rings. The van der Waals surface area contributed by atoms with Crippen LogP contribution in [0.15, 0.2) is 53.5 Å². The number of H-pyrrole nitrogens is 1. The third-order valence-electron chi connectivity index (χ3n) is 5.88. The maximum absolute atomic E-state index is 13.5. The number of aromatic amines is 1. The largest absolute Gasteiger partial charge is 0.350 e. The molecule has 164 valence electrons. The second-order valence-electron chi connectivity index (χ2n) is 7.74. The molecule has 0 spiro atoms. The average molecular weight is 453 g/mol. The highest BCUT2D eigenvalue weighted by Crippen LogP contribution is 2.37. The van der Waals surface area contributed by atoms with Crippen molar-refractivity contribution < 1.29 is 13.2 Å². The standard InChI is InChI=1S/C23H21FN4O3S/c1-27-12-9-14(8-11-25-32(30)31)17-6-7-19-20-18(26-23(29)21(20)22(17)27)10-13-28(19)16-4-2-15(24)3-5-16/h2-7,9-10,12,25H,8,11,13H2,1H3,(H,26,29)(H,30,31). The number of nitrogens with one attached hydrogen (secondary N) is 2. The first-order valence-corrected chi connectivity index (χ1v) is 11.3. The number of rotatable bonds is 5. The van der Waals surface area contributed by atoms with Gasteiger partial charge in [-0.05, 0) is 54.5 Å². The highest BCUT2D eigenvalue weighted by Gasteiger charge is 2.27. The molecule has 0 bridgehead atoms. The van der Waals surface area contributed by atoms with Gasteiger partial charge in [0, 0.05) is 48.2 Å². The predicted octanol–water partition coefficient (Wildman–Crippen LogP) is 1.78. The molecule has 5 rings (SSSR count). The van der Waals surface area contributed by atoms with E-state index in [1.165, 1.54) is 12.1 Å². The van der Waals surface area contributed by atoms with E-state index in [4.69, 9.17) is 4.55 Å². The molecular weight excluding hydrogens is 431 g/mol. The van der Waals surface area contributed by atoms with E-state index in [0.717, 1.165) is 38.8 Å². The normalized spacial score (nSPS) is 15.7. The summed E-state index contributed by atoms with van der Waals surface area (Å²) in [5.41, 5.74) is 4.67. The fourth-order valence-electron chi connectivity index (χ4n) is 4.45. The molecule has 9 heteroatoms. The summed E-state index contributed by atoms with van der Waals surface area (Å²) in [4.78, 5) is 20.1. The van der Waals surface area contributed by atoms with Crippen molar-refractivity contribution in [2.24, 2.45) is 0 Å². The number of aromatic nitrogens is 1. The van der Waals surface area contributed by atoms with Crippen LogP contribution < -0.4 is 30.6 Å². The molecule has 0 saturated heterocycles. The van der Waals surface area contributed by atoms with E-state index in [-0.39, 0.29) is 11.4 Å². The summed E-state index contributed by atoms with van der Waals surface area (Å²) < 4.78 is 36.0. The lowest BCUT2D eigenvalue weighted by molar-refractivity contribution is 0.550. The molecular formula is C23H21FN4O3S. The van der Waals surface area contributed by atoms with Crippen LogP contribution in [-0.2, 0) is 11.3 Å². The minimum atomic E-state index is -2.08. The van der Waals surface area contributed by atoms with Crippen LogP contribution in [0.5, 0.6) is 0 Å². The molecule has 1 unspecified atom stereocenters. The zero-order valence-corrected chi connectivity index (χ0v) is 18.1. The van der Waals surface area contributed by atoms with Crippen molar-refractivity contribution in [2.75, 3.05) is 29.9 Å². The summed E-state index contributed by atoms with van der Waals surface area (Å²) in [5.74, 6) is -0.303. The van der Waals surface area contributed by atoms with E-state index >= 15 is 0 Å². The molecule has 3 N–H and O–H groups in total. The third kappa shape index (κ3) is 3.44. The van der Waals surface area contributed by atoms with Crippen LogP contribution >= 0.6 is 0 Å². The number of hydrogen-bond acceptors (Lipinski definition) is 4. The molecule has 3 aliphatic heterocycles. The molecule has 3 heterocycles. The Morgan fingerprint density at radius 3 is 2.72 bits per heavy atom. The Hall–Kier alpha value is -3.27. The zero-order chi connectivity index (χ0) is 22.4. The van der Waals surface area contributed by atoms with Crippen molar-refractivity contribution in [3.05, 3.63) is 75.4 Å². The van der Waals surface area contributed by atoms with Crippen molar-refractivity contribution in [3.8, 4) is 11.1 Å². The summed E-state index contributed by atoms with van der Waals surface area (Å²) in [6, 6.07) is 10.3. The molecule has 0 aromatic heterocycles. The van der Waals surface area contributed by atoms with Crippen molar-refractivity contribution >= 4 is 40.0 Å². The molecule has 1 aromatic rings. The minimum Gasteiger partial charge on any atom is -0.350 e. The van der Waals surface area contributed by atoms with Gasteiger partial charge in [-0.15, -0.1) is 0 Å². The molecule has 32 heavy (non-hydrogen) atoms. The lowest BCUT2D eigenvalue weighted by Gasteiger charge is -2.27. The maximum Gasteiger partial charge on any atom is 0.258 e. The Morgan fingerprint density at radius 2 is 1.97 bits per heavy atom. The molecule has 0 saturated carbocycles. The van der Waals surface area contributed by atoms with Gasteiger partial charge in [0.15, 0.2) is 0 Å². The Balaban J connectivity index is 1.74. The number of hydrogen-bond donors (Lipinski definition) is 3. The second-order valence-corrected chi connectivity index (χ2v) is 8.52. The van der Waals surface area contributed by atoms with Crippen molar-refractivity contribution in [2.45, 2.75) is 6.42 Å². The first kappa shape index (κ1) is 20.6. The van der Waals surface area contributed by atoms with Crippen LogP contribution in [0.4, 0.5) is 21.5 Å². The first-order valence-electron chi connectivity index (χ1n) is 10.1. The molecule has 7 nitrogen and oxygen atoms in total. The van der Waals surface area contributed by atoms with Gasteiger partial charge in [0.25, 0.3) is 5.56 Å². The number of fused-ring (bicyclic) bond motifs is 2. The summed E-state index contributed by atoms with van der Waals surface area (Å²) in [7, 11) is 1.89. The highest BCUT2D eigenvalue weighted by atomic mass is 32.2. The molecule has 1 aliphatic carbocycles. The lowest BCUT2D eigenvalue weighted by atomic mass is 10.0. The molecule has 0 radical (unpaired) electrons. The molecule has 1 aromatic carbocycles. The van der Waals surface area contributed by atoms with Crippen molar-refractivity contribution in [3.63, 3.8) is 0 Å². The van der Waals surface area contributed by atoms with Crippen LogP contribution in [0, 0.1) is 5.82 Å². The topological polar surface area (TPSA) is 88.7 Å². The first-order chi connectivity index (χ1) is 15.4. The molecule has 0 amide bonds. The van der Waals surface area contributed by atoms with Gasteiger partial charge >= 0.3 is 0 Å². The summed E-state index contributed by atoms with van der Waals surface area (Å²) in [5, 5.41) is 1.67. The van der Waals surface area contributed by atoms with Crippen LogP contribution in [0.1, 0.15) is 6.42 Å². The Labute approximate surface area is 185 Å². The maximum atomic E-state index is 13.5. The van der Waals surface area contributed by atoms with E-state index in [2.05, 4.69) is 14.6 Å². The fourth-order valence-corrected chi connectivity index (χ4v) is 4.73. The van der Waals surface area contributed by atoms with Crippen LogP contribution in [-0.4, -0.2) is 33.9 Å². The van der Waals surface area contributed by atoms with Crippen LogP contribution in [0.25, 0.3) is 22.8 Å². The Bertz CT molecular complexity index is 1410. The fraction of sp³-hybridized carbons (Fsp3) is 0.174. The van der Waals surface area contributed by atoms with E-state index in [1.54, 1.807) is 12.1 Å². The van der Waals surface area contributed by atoms with Crippen molar-refractivity contribution in [1.29, 1.82) is 0 Å². The quantitative estimate of drug-likeness (QED) is 0.514. The van der Waals surface area contributed by atoms with Gasteiger partial charge in [-0.25, -0.2) is 13.3 Å². The number of halogens is 1. The van der Waals surface area contributed by atoms with Gasteiger partial charge in [0.1, 0.15) is 5.82 Å². The smallest absolute Gasteiger partial charge is 0.258 e. The monoisotopic (exact) mass is 452 g/mol. The van der Waals surface area contributed by atoms with E-state index in [0.29, 0.717) is 25.1 Å². The molecule has 0 fully saturated rings. The second kappa shape index (κ2) is 8.01. The van der Waals surface area contributed by atoms with Gasteiger partial charge in [-0.3, -0.25) is 9.35 Å². The summed E-state index contributed by atoms with van der Waals surface area (Å²) in [6.07, 6.45) is 6.34. The van der Waals surface area contributed by atoms with Crippen LogP contribution in [0.2, 0.25) is 0 Å². The zero-order valence-electron chi connectivity index (χ0n) is 17.3. The van der Waals surface area contributed by atoms with E-state index in [9.17, 15) is 13.4 Å². The summed E-state index contributed by atoms with van der Waals surface area (Å²) in [6.45, 7) is 0.859. The Kier molecular flexibility index (Phi) is 5.16. The SMILES string of the molecule is CN1C=CC(CCNS(=O)O)=c2ccc3c4c([nH]c(=O)c-4c21)=CCN3c1ccc(F)cc1. The number of anilines is 3. The van der Waals surface area contributed by atoms with Gasteiger partial charge in [-0.1, -0.05) is 6.07 Å². The number of allylic oxidation sites excluding steroid dienone is 1. The van der Waals surface area contributed by atoms with Gasteiger partial charge in [-0.2, -0.15) is 0 Å². The van der Waals surface area contributed by atoms with E-state index < -0.39 is 11.3 Å². The molecule has 1 atom stereocenters.